The summed E-state index contributed by atoms with van der Waals surface area (Å²) in [5, 5.41) is 0. The van der Waals surface area contributed by atoms with Crippen molar-refractivity contribution in [1.29, 1.82) is 0 Å². The number of hydrogen-bond donors (Lipinski definition) is 0. The molecule has 0 aromatic carbocycles. The molecule has 0 unspecified atom stereocenters. The van der Waals surface area contributed by atoms with Crippen molar-refractivity contribution in [3.8, 4) is 0 Å². The molecule has 0 radical (unpaired) electrons. The van der Waals surface area contributed by atoms with Crippen molar-refractivity contribution in [2.45, 2.75) is 24.2 Å². The number of rotatable bonds is 6. The first-order valence-corrected chi connectivity index (χ1v) is 9.17. The van der Waals surface area contributed by atoms with Gasteiger partial charge in [0.15, 0.2) is 0 Å². The molecule has 1 aromatic rings. The highest BCUT2D eigenvalue weighted by molar-refractivity contribution is 7.89. The van der Waals surface area contributed by atoms with Crippen molar-refractivity contribution in [1.82, 2.24) is 14.2 Å². The summed E-state index contributed by atoms with van der Waals surface area (Å²) < 4.78 is 26.7. The van der Waals surface area contributed by atoms with Gasteiger partial charge in [-0.1, -0.05) is 6.42 Å². The van der Waals surface area contributed by atoms with E-state index in [-0.39, 0.29) is 0 Å². The third kappa shape index (κ3) is 4.18. The molecule has 1 fully saturated rings. The second kappa shape index (κ2) is 7.39. The van der Waals surface area contributed by atoms with Crippen LogP contribution < -0.4 is 4.90 Å². The summed E-state index contributed by atoms with van der Waals surface area (Å²) in [5.74, 6) is 0.791. The maximum atomic E-state index is 12.5. The maximum Gasteiger partial charge on any atom is 0.244 e. The summed E-state index contributed by atoms with van der Waals surface area (Å²) in [5.41, 5.74) is 0. The Hall–Kier alpha value is -1.18. The van der Waals surface area contributed by atoms with E-state index in [0.29, 0.717) is 18.0 Å². The second-order valence-corrected chi connectivity index (χ2v) is 7.98. The molecule has 0 amide bonds. The Kier molecular flexibility index (Phi) is 5.77. The molecule has 0 saturated carbocycles. The molecule has 124 valence electrons. The van der Waals surface area contributed by atoms with Crippen LogP contribution in [0.4, 0.5) is 5.82 Å². The zero-order valence-electron chi connectivity index (χ0n) is 13.7. The van der Waals surface area contributed by atoms with E-state index < -0.39 is 10.0 Å². The Balaban J connectivity index is 2.07. The fourth-order valence-electron chi connectivity index (χ4n) is 2.47. The average Bonchev–Trinajstić information content (AvgIpc) is 2.53. The Morgan fingerprint density at radius 2 is 1.77 bits per heavy atom. The van der Waals surface area contributed by atoms with Crippen LogP contribution in [0.25, 0.3) is 0 Å². The topological polar surface area (TPSA) is 56.8 Å². The van der Waals surface area contributed by atoms with Gasteiger partial charge in [0.1, 0.15) is 10.7 Å². The molecule has 1 aliphatic rings. The molecule has 0 spiro atoms. The molecule has 1 aromatic heterocycles. The molecule has 0 N–H and O–H groups in total. The van der Waals surface area contributed by atoms with Gasteiger partial charge in [0, 0.05) is 39.4 Å². The van der Waals surface area contributed by atoms with Crippen LogP contribution in [0, 0.1) is 0 Å². The second-order valence-electron chi connectivity index (χ2n) is 6.04. The lowest BCUT2D eigenvalue weighted by Gasteiger charge is -2.26. The summed E-state index contributed by atoms with van der Waals surface area (Å²) in [4.78, 5) is 8.74. The van der Waals surface area contributed by atoms with Gasteiger partial charge in [-0.2, -0.15) is 4.31 Å². The minimum absolute atomic E-state index is 0.291. The Labute approximate surface area is 133 Å². The monoisotopic (exact) mass is 326 g/mol. The fraction of sp³-hybridized carbons (Fsp3) is 0.667. The van der Waals surface area contributed by atoms with Crippen LogP contribution in [0.2, 0.25) is 0 Å². The Morgan fingerprint density at radius 1 is 1.09 bits per heavy atom. The van der Waals surface area contributed by atoms with Crippen LogP contribution in [0.1, 0.15) is 19.3 Å². The summed E-state index contributed by atoms with van der Waals surface area (Å²) in [6.07, 6.45) is 4.47. The van der Waals surface area contributed by atoms with Crippen molar-refractivity contribution in [3.63, 3.8) is 0 Å². The number of likely N-dealkylation sites (N-methyl/N-ethyl adjacent to an activating group) is 2. The van der Waals surface area contributed by atoms with Crippen LogP contribution in [0.3, 0.4) is 0 Å². The summed E-state index contributed by atoms with van der Waals surface area (Å²) in [7, 11) is 2.62. The molecular weight excluding hydrogens is 300 g/mol. The minimum atomic E-state index is -3.39. The standard InChI is InChI=1S/C15H26N4O2S/c1-17(2)11-12-18(3)15-8-7-14(13-16-15)22(20,21)19-9-5-4-6-10-19/h7-8,13H,4-6,9-12H2,1-3H3. The third-order valence-corrected chi connectivity index (χ3v) is 5.83. The summed E-state index contributed by atoms with van der Waals surface area (Å²) in [6.45, 7) is 3.00. The number of hydrogen-bond acceptors (Lipinski definition) is 5. The van der Waals surface area contributed by atoms with Gasteiger partial charge < -0.3 is 9.80 Å². The highest BCUT2D eigenvalue weighted by Crippen LogP contribution is 2.21. The van der Waals surface area contributed by atoms with Gasteiger partial charge in [0.05, 0.1) is 0 Å². The smallest absolute Gasteiger partial charge is 0.244 e. The molecule has 0 aliphatic carbocycles. The Morgan fingerprint density at radius 3 is 2.32 bits per heavy atom. The zero-order valence-corrected chi connectivity index (χ0v) is 14.5. The number of nitrogens with zero attached hydrogens (tertiary/aromatic N) is 4. The van der Waals surface area contributed by atoms with E-state index in [1.165, 1.54) is 6.20 Å². The van der Waals surface area contributed by atoms with E-state index in [1.54, 1.807) is 16.4 Å². The zero-order chi connectivity index (χ0) is 16.2. The molecule has 22 heavy (non-hydrogen) atoms. The van der Waals surface area contributed by atoms with E-state index in [9.17, 15) is 8.42 Å². The maximum absolute atomic E-state index is 12.5. The minimum Gasteiger partial charge on any atom is -0.358 e. The third-order valence-electron chi connectivity index (χ3n) is 3.95. The first-order chi connectivity index (χ1) is 10.4. The van der Waals surface area contributed by atoms with E-state index in [0.717, 1.165) is 38.2 Å². The van der Waals surface area contributed by atoms with Gasteiger partial charge in [-0.25, -0.2) is 13.4 Å². The summed E-state index contributed by atoms with van der Waals surface area (Å²) >= 11 is 0. The number of anilines is 1. The van der Waals surface area contributed by atoms with Crippen LogP contribution in [0.15, 0.2) is 23.2 Å². The van der Waals surface area contributed by atoms with E-state index >= 15 is 0 Å². The van der Waals surface area contributed by atoms with Gasteiger partial charge in [-0.3, -0.25) is 0 Å². The average molecular weight is 326 g/mol. The predicted molar refractivity (Wildman–Crippen MR) is 88.7 cm³/mol. The number of pyridine rings is 1. The number of piperidine rings is 1. The highest BCUT2D eigenvalue weighted by atomic mass is 32.2. The molecular formula is C15H26N4O2S. The highest BCUT2D eigenvalue weighted by Gasteiger charge is 2.26. The van der Waals surface area contributed by atoms with Gasteiger partial charge in [0.2, 0.25) is 10.0 Å². The number of aromatic nitrogens is 1. The van der Waals surface area contributed by atoms with Crippen LogP contribution >= 0.6 is 0 Å². The SMILES string of the molecule is CN(C)CCN(C)c1ccc(S(=O)(=O)N2CCCCC2)cn1. The van der Waals surface area contributed by atoms with Crippen LogP contribution in [0.5, 0.6) is 0 Å². The molecule has 7 heteroatoms. The Bertz CT molecular complexity index is 566. The van der Waals surface area contributed by atoms with E-state index in [2.05, 4.69) is 9.88 Å². The first kappa shape index (κ1) is 17.2. The fourth-order valence-corrected chi connectivity index (χ4v) is 3.93. The molecule has 2 rings (SSSR count). The van der Waals surface area contributed by atoms with E-state index in [1.807, 2.05) is 26.0 Å². The van der Waals surface area contributed by atoms with Crippen molar-refractivity contribution in [2.24, 2.45) is 0 Å². The van der Waals surface area contributed by atoms with Gasteiger partial charge in [0.25, 0.3) is 0 Å². The number of sulfonamides is 1. The molecule has 0 bridgehead atoms. The molecule has 0 atom stereocenters. The molecule has 1 aliphatic heterocycles. The lowest BCUT2D eigenvalue weighted by atomic mass is 10.2. The molecule has 2 heterocycles. The normalized spacial score (nSPS) is 16.9. The lowest BCUT2D eigenvalue weighted by Crippen LogP contribution is -2.35. The van der Waals surface area contributed by atoms with Crippen LogP contribution in [-0.2, 0) is 10.0 Å². The van der Waals surface area contributed by atoms with Crippen LogP contribution in [-0.4, -0.2) is 69.9 Å². The quantitative estimate of drug-likeness (QED) is 0.787. The lowest BCUT2D eigenvalue weighted by molar-refractivity contribution is 0.346. The summed E-state index contributed by atoms with van der Waals surface area (Å²) in [6, 6.07) is 3.45. The van der Waals surface area contributed by atoms with E-state index in [4.69, 9.17) is 0 Å². The van der Waals surface area contributed by atoms with Gasteiger partial charge >= 0.3 is 0 Å². The van der Waals surface area contributed by atoms with Crippen molar-refractivity contribution in [3.05, 3.63) is 18.3 Å². The van der Waals surface area contributed by atoms with Gasteiger partial charge in [-0.15, -0.1) is 0 Å². The predicted octanol–water partition coefficient (Wildman–Crippen LogP) is 1.25. The molecule has 6 nitrogen and oxygen atoms in total. The van der Waals surface area contributed by atoms with Gasteiger partial charge in [-0.05, 0) is 39.1 Å². The van der Waals surface area contributed by atoms with Crippen molar-refractivity contribution < 1.29 is 8.42 Å². The molecule has 1 saturated heterocycles. The largest absolute Gasteiger partial charge is 0.358 e. The van der Waals surface area contributed by atoms with Crippen molar-refractivity contribution in [2.75, 3.05) is 52.2 Å². The van der Waals surface area contributed by atoms with Crippen molar-refractivity contribution >= 4 is 15.8 Å². The first-order valence-electron chi connectivity index (χ1n) is 7.73.